The second kappa shape index (κ2) is 8.89. The molecule has 1 aromatic rings. The summed E-state index contributed by atoms with van der Waals surface area (Å²) >= 11 is 0. The Bertz CT molecular complexity index is 429. The van der Waals surface area contributed by atoms with Crippen LogP contribution in [-0.2, 0) is 0 Å². The topological polar surface area (TPSA) is 25.8 Å². The van der Waals surface area contributed by atoms with Crippen LogP contribution in [-0.4, -0.2) is 9.97 Å². The Kier molecular flexibility index (Phi) is 8.36. The Balaban J connectivity index is 0.000000641. The zero-order chi connectivity index (χ0) is 15.8. The summed E-state index contributed by atoms with van der Waals surface area (Å²) in [5.41, 5.74) is 4.91. The largest absolute Gasteiger partial charge is 0.255 e. The SMILES string of the molecule is C/C(=C\c1ncc(C)nc1C)C1(C)CC1.CC.CCC. The van der Waals surface area contributed by atoms with Gasteiger partial charge in [0.2, 0.25) is 0 Å². The molecule has 2 nitrogen and oxygen atoms in total. The van der Waals surface area contributed by atoms with Crippen molar-refractivity contribution in [1.29, 1.82) is 0 Å². The second-order valence-electron chi connectivity index (χ2n) is 5.58. The van der Waals surface area contributed by atoms with E-state index in [1.165, 1.54) is 24.8 Å². The van der Waals surface area contributed by atoms with Crippen LogP contribution in [0.3, 0.4) is 0 Å². The van der Waals surface area contributed by atoms with Crippen LogP contribution in [0.4, 0.5) is 0 Å². The number of allylic oxidation sites excluding steroid dienone is 1. The van der Waals surface area contributed by atoms with Gasteiger partial charge in [0.25, 0.3) is 0 Å². The number of aromatic nitrogens is 2. The van der Waals surface area contributed by atoms with Gasteiger partial charge in [0.05, 0.1) is 17.1 Å². The maximum Gasteiger partial charge on any atom is 0.0842 e. The second-order valence-corrected chi connectivity index (χ2v) is 5.58. The summed E-state index contributed by atoms with van der Waals surface area (Å²) in [5.74, 6) is 0. The first-order valence-electron chi connectivity index (χ1n) is 7.92. The molecule has 1 heterocycles. The summed E-state index contributed by atoms with van der Waals surface area (Å²) in [4.78, 5) is 8.84. The summed E-state index contributed by atoms with van der Waals surface area (Å²) < 4.78 is 0. The molecular weight excluding hydrogens is 244 g/mol. The number of aryl methyl sites for hydroxylation is 2. The van der Waals surface area contributed by atoms with E-state index in [9.17, 15) is 0 Å². The molecule has 1 aromatic heterocycles. The van der Waals surface area contributed by atoms with E-state index in [1.807, 2.05) is 33.9 Å². The van der Waals surface area contributed by atoms with Gasteiger partial charge in [-0.25, -0.2) is 0 Å². The number of rotatable bonds is 2. The summed E-state index contributed by atoms with van der Waals surface area (Å²) in [6, 6.07) is 0. The van der Waals surface area contributed by atoms with Crippen molar-refractivity contribution in [2.24, 2.45) is 5.41 Å². The van der Waals surface area contributed by atoms with Crippen LogP contribution >= 0.6 is 0 Å². The molecule has 0 aromatic carbocycles. The Morgan fingerprint density at radius 1 is 1.25 bits per heavy atom. The fraction of sp³-hybridized carbons (Fsp3) is 0.667. The first-order chi connectivity index (χ1) is 9.42. The van der Waals surface area contributed by atoms with Gasteiger partial charge in [-0.05, 0) is 45.1 Å². The van der Waals surface area contributed by atoms with Crippen LogP contribution in [0.25, 0.3) is 6.08 Å². The van der Waals surface area contributed by atoms with E-state index >= 15 is 0 Å². The zero-order valence-corrected chi connectivity index (χ0v) is 14.7. The quantitative estimate of drug-likeness (QED) is 0.688. The lowest BCUT2D eigenvalue weighted by Gasteiger charge is -2.09. The van der Waals surface area contributed by atoms with Crippen molar-refractivity contribution in [1.82, 2.24) is 9.97 Å². The van der Waals surface area contributed by atoms with Gasteiger partial charge >= 0.3 is 0 Å². The molecule has 2 heteroatoms. The third-order valence-electron chi connectivity index (χ3n) is 3.41. The fourth-order valence-corrected chi connectivity index (χ4v) is 1.71. The summed E-state index contributed by atoms with van der Waals surface area (Å²) in [6.07, 6.45) is 7.90. The monoisotopic (exact) mass is 276 g/mol. The lowest BCUT2D eigenvalue weighted by atomic mass is 9.98. The highest BCUT2D eigenvalue weighted by Crippen LogP contribution is 2.51. The molecule has 0 unspecified atom stereocenters. The minimum Gasteiger partial charge on any atom is -0.255 e. The minimum absolute atomic E-state index is 0.443. The standard InChI is InChI=1S/C13H18N2.C3H8.C2H6/c1-9(13(4)5-6-13)7-12-11(3)15-10(2)8-14-12;1-3-2;1-2/h7-8H,5-6H2,1-4H3;3H2,1-2H3;1-2H3/b9-7+;;. The summed E-state index contributed by atoms with van der Waals surface area (Å²) in [6.45, 7) is 16.8. The van der Waals surface area contributed by atoms with Gasteiger partial charge < -0.3 is 0 Å². The van der Waals surface area contributed by atoms with Crippen LogP contribution in [0.5, 0.6) is 0 Å². The fourth-order valence-electron chi connectivity index (χ4n) is 1.71. The highest BCUT2D eigenvalue weighted by atomic mass is 14.8. The average Bonchev–Trinajstić information content (AvgIpc) is 3.16. The zero-order valence-electron chi connectivity index (χ0n) is 14.7. The van der Waals surface area contributed by atoms with Gasteiger partial charge in [0.15, 0.2) is 0 Å². The van der Waals surface area contributed by atoms with E-state index in [0.717, 1.165) is 17.1 Å². The third-order valence-corrected chi connectivity index (χ3v) is 3.41. The first kappa shape index (κ1) is 18.8. The van der Waals surface area contributed by atoms with Gasteiger partial charge in [0.1, 0.15) is 0 Å². The van der Waals surface area contributed by atoms with Crippen molar-refractivity contribution in [3.05, 3.63) is 28.9 Å². The smallest absolute Gasteiger partial charge is 0.0842 e. The van der Waals surface area contributed by atoms with E-state index in [4.69, 9.17) is 0 Å². The van der Waals surface area contributed by atoms with Crippen molar-refractivity contribution in [2.45, 2.75) is 74.7 Å². The number of hydrogen-bond donors (Lipinski definition) is 0. The molecule has 0 saturated heterocycles. The van der Waals surface area contributed by atoms with Gasteiger partial charge in [-0.1, -0.05) is 46.6 Å². The van der Waals surface area contributed by atoms with Crippen LogP contribution in [0.1, 0.15) is 77.9 Å². The van der Waals surface area contributed by atoms with Gasteiger partial charge in [-0.15, -0.1) is 0 Å². The maximum atomic E-state index is 4.42. The number of hydrogen-bond acceptors (Lipinski definition) is 2. The molecule has 114 valence electrons. The van der Waals surface area contributed by atoms with Crippen LogP contribution in [0, 0.1) is 19.3 Å². The molecule has 20 heavy (non-hydrogen) atoms. The highest BCUT2D eigenvalue weighted by Gasteiger charge is 2.38. The first-order valence-corrected chi connectivity index (χ1v) is 7.92. The molecule has 0 radical (unpaired) electrons. The Hall–Kier alpha value is -1.18. The van der Waals surface area contributed by atoms with E-state index in [0.29, 0.717) is 5.41 Å². The van der Waals surface area contributed by atoms with Crippen molar-refractivity contribution in [3.63, 3.8) is 0 Å². The summed E-state index contributed by atoms with van der Waals surface area (Å²) in [5, 5.41) is 0. The molecule has 1 saturated carbocycles. The van der Waals surface area contributed by atoms with Crippen LogP contribution in [0.15, 0.2) is 11.8 Å². The predicted molar refractivity (Wildman–Crippen MR) is 89.8 cm³/mol. The van der Waals surface area contributed by atoms with Crippen molar-refractivity contribution >= 4 is 6.08 Å². The van der Waals surface area contributed by atoms with Crippen molar-refractivity contribution in [3.8, 4) is 0 Å². The Morgan fingerprint density at radius 3 is 2.15 bits per heavy atom. The molecule has 1 fully saturated rings. The lowest BCUT2D eigenvalue weighted by molar-refractivity contribution is 0.694. The maximum absolute atomic E-state index is 4.42. The van der Waals surface area contributed by atoms with Gasteiger partial charge in [0, 0.05) is 6.20 Å². The van der Waals surface area contributed by atoms with E-state index in [1.54, 1.807) is 0 Å². The molecule has 0 aliphatic heterocycles. The Morgan fingerprint density at radius 2 is 1.75 bits per heavy atom. The molecule has 0 atom stereocenters. The predicted octanol–water partition coefficient (Wildman–Crippen LogP) is 5.74. The molecular formula is C18H32N2. The highest BCUT2D eigenvalue weighted by molar-refractivity contribution is 5.53. The molecule has 0 amide bonds. The average molecular weight is 276 g/mol. The van der Waals surface area contributed by atoms with Gasteiger partial charge in [-0.3, -0.25) is 9.97 Å². The lowest BCUT2D eigenvalue weighted by Crippen LogP contribution is -1.98. The van der Waals surface area contributed by atoms with E-state index < -0.39 is 0 Å². The molecule has 1 aliphatic rings. The van der Waals surface area contributed by atoms with Gasteiger partial charge in [-0.2, -0.15) is 0 Å². The van der Waals surface area contributed by atoms with E-state index in [2.05, 4.69) is 43.7 Å². The molecule has 2 rings (SSSR count). The minimum atomic E-state index is 0.443. The molecule has 1 aliphatic carbocycles. The van der Waals surface area contributed by atoms with Crippen molar-refractivity contribution < 1.29 is 0 Å². The molecule has 0 spiro atoms. The Labute approximate surface area is 125 Å². The third kappa shape index (κ3) is 5.85. The van der Waals surface area contributed by atoms with E-state index in [-0.39, 0.29) is 0 Å². The van der Waals surface area contributed by atoms with Crippen LogP contribution < -0.4 is 0 Å². The van der Waals surface area contributed by atoms with Crippen LogP contribution in [0.2, 0.25) is 0 Å². The normalized spacial score (nSPS) is 15.5. The number of nitrogens with zero attached hydrogens (tertiary/aromatic N) is 2. The van der Waals surface area contributed by atoms with Crippen molar-refractivity contribution in [2.75, 3.05) is 0 Å². The summed E-state index contributed by atoms with van der Waals surface area (Å²) in [7, 11) is 0. The molecule has 0 N–H and O–H groups in total. The molecule has 0 bridgehead atoms.